The zero-order valence-electron chi connectivity index (χ0n) is 35.1. The molecule has 1 aromatic rings. The Kier molecular flexibility index (Phi) is 19.4. The highest BCUT2D eigenvalue weighted by atomic mass is 16.7. The lowest BCUT2D eigenvalue weighted by Gasteiger charge is -2.36. The lowest BCUT2D eigenvalue weighted by Crippen LogP contribution is -2.62. The van der Waals surface area contributed by atoms with Crippen LogP contribution in [0.2, 0.25) is 0 Å². The highest BCUT2D eigenvalue weighted by molar-refractivity contribution is 5.93. The Balaban J connectivity index is 2.07. The first-order chi connectivity index (χ1) is 27.9. The van der Waals surface area contributed by atoms with Crippen LogP contribution in [0.15, 0.2) is 72.4 Å². The number of carbonyl (C=O) groups excluding carboxylic acids is 5. The van der Waals surface area contributed by atoms with E-state index in [0.29, 0.717) is 24.0 Å². The standard InChI is InChI=1S/C43H63N5O11/c1-26(2)38-41(55)44-34(25-30-15-12-16-31(50)24-30)42(56)48-23-13-17-33(46-48)43(57)59-36(27(3)14-11-20-37(52)47(6)58-7)19-10-8-9-18-35(51)29(5)39(53)32(40(54)45-38)22-21-28(4)49/h8-12,14-16,18,20,24,26,28-29,32-36,38-39,46,49-51,53H,13,17,19,21-23,25H2,1-7H3,(H,44,55)(H,45,54)/b10-8+,18-9+,20-11+,27-14+/t28?,29-,32+,33?,34-,35-,36-,38-,39+/m0/s1. The van der Waals surface area contributed by atoms with Crippen LogP contribution in [0.1, 0.15) is 72.3 Å². The number of hydrazine groups is 1. The van der Waals surface area contributed by atoms with Gasteiger partial charge in [0.2, 0.25) is 11.8 Å². The number of esters is 1. The van der Waals surface area contributed by atoms with E-state index in [2.05, 4.69) is 16.1 Å². The minimum Gasteiger partial charge on any atom is -0.508 e. The maximum absolute atomic E-state index is 14.3. The molecule has 7 N–H and O–H groups in total. The van der Waals surface area contributed by atoms with Crippen molar-refractivity contribution in [2.75, 3.05) is 20.7 Å². The summed E-state index contributed by atoms with van der Waals surface area (Å²) in [5, 5.41) is 50.7. The van der Waals surface area contributed by atoms with Gasteiger partial charge in [0, 0.05) is 38.4 Å². The molecule has 0 aliphatic carbocycles. The molecule has 4 amide bonds. The summed E-state index contributed by atoms with van der Waals surface area (Å²) >= 11 is 0. The number of rotatable bonds is 10. The van der Waals surface area contributed by atoms with E-state index in [0.717, 1.165) is 5.06 Å². The number of phenolic OH excluding ortho intramolecular Hbond substituents is 1. The number of aliphatic hydroxyl groups excluding tert-OH is 3. The Hall–Kier alpha value is -4.87. The second-order valence-electron chi connectivity index (χ2n) is 15.6. The molecule has 16 nitrogen and oxygen atoms in total. The maximum atomic E-state index is 14.3. The SMILES string of the molecule is CON(C)C(=O)/C=C/C=C(\C)[C@@H]1C/C=C/C=C/[C@H](O)[C@H](C)[C@@H](O)[C@@H](CCC(C)O)C(=O)N[C@@H](C(C)C)C(=O)N[C@@H](Cc2cccc(O)c2)C(=O)N2CCCC(N2)C(=O)O1. The molecule has 0 spiro atoms. The van der Waals surface area contributed by atoms with Crippen LogP contribution in [0.5, 0.6) is 5.75 Å². The Morgan fingerprint density at radius 1 is 1.10 bits per heavy atom. The van der Waals surface area contributed by atoms with E-state index >= 15 is 0 Å². The highest BCUT2D eigenvalue weighted by Crippen LogP contribution is 2.24. The fraction of sp³-hybridized carbons (Fsp3) is 0.558. The number of amides is 4. The van der Waals surface area contributed by atoms with Crippen molar-refractivity contribution in [3.05, 3.63) is 77.9 Å². The van der Waals surface area contributed by atoms with E-state index in [1.807, 2.05) is 0 Å². The molecule has 2 aliphatic rings. The predicted molar refractivity (Wildman–Crippen MR) is 219 cm³/mol. The number of hydrogen-bond acceptors (Lipinski definition) is 12. The first-order valence-electron chi connectivity index (χ1n) is 20.1. The summed E-state index contributed by atoms with van der Waals surface area (Å²) < 4.78 is 6.00. The number of phenols is 1. The van der Waals surface area contributed by atoms with Gasteiger partial charge in [-0.2, -0.15) is 0 Å². The normalized spacial score (nSPS) is 28.8. The molecule has 1 aromatic carbocycles. The number of nitrogens with one attached hydrogen (secondary N) is 3. The average molecular weight is 826 g/mol. The Morgan fingerprint density at radius 3 is 2.49 bits per heavy atom. The monoisotopic (exact) mass is 825 g/mol. The molecule has 9 atom stereocenters. The molecule has 0 radical (unpaired) electrons. The van der Waals surface area contributed by atoms with Gasteiger partial charge in [-0.1, -0.05) is 69.4 Å². The van der Waals surface area contributed by atoms with Crippen LogP contribution in [0.25, 0.3) is 0 Å². The van der Waals surface area contributed by atoms with Gasteiger partial charge in [-0.15, -0.1) is 0 Å². The summed E-state index contributed by atoms with van der Waals surface area (Å²) in [6, 6.07) is 2.94. The van der Waals surface area contributed by atoms with E-state index in [9.17, 15) is 44.4 Å². The molecule has 16 heteroatoms. The zero-order chi connectivity index (χ0) is 43.8. The molecule has 2 unspecified atom stereocenters. The molecular weight excluding hydrogens is 762 g/mol. The van der Waals surface area contributed by atoms with Crippen LogP contribution in [-0.2, 0) is 40.0 Å². The number of carbonyl (C=O) groups is 5. The fourth-order valence-electron chi connectivity index (χ4n) is 6.69. The zero-order valence-corrected chi connectivity index (χ0v) is 35.1. The fourth-order valence-corrected chi connectivity index (χ4v) is 6.69. The molecule has 326 valence electrons. The van der Waals surface area contributed by atoms with Crippen molar-refractivity contribution in [3.8, 4) is 5.75 Å². The molecule has 2 aliphatic heterocycles. The molecule has 2 heterocycles. The second kappa shape index (κ2) is 23.7. The Labute approximate surface area is 346 Å². The number of aliphatic hydroxyl groups is 3. The summed E-state index contributed by atoms with van der Waals surface area (Å²) in [5.74, 6) is -5.45. The van der Waals surface area contributed by atoms with Crippen molar-refractivity contribution in [2.45, 2.75) is 116 Å². The number of hydroxylamine groups is 2. The average Bonchev–Trinajstić information content (AvgIpc) is 3.20. The van der Waals surface area contributed by atoms with Crippen LogP contribution in [0, 0.1) is 17.8 Å². The lowest BCUT2D eigenvalue weighted by molar-refractivity contribution is -0.162. The van der Waals surface area contributed by atoms with Gasteiger partial charge in [0.05, 0.1) is 31.3 Å². The molecular formula is C43H63N5O11. The molecule has 0 aromatic heterocycles. The summed E-state index contributed by atoms with van der Waals surface area (Å²) in [5.41, 5.74) is 4.12. The maximum Gasteiger partial charge on any atom is 0.325 e. The number of allylic oxidation sites excluding steroid dienone is 4. The van der Waals surface area contributed by atoms with Crippen LogP contribution < -0.4 is 16.1 Å². The van der Waals surface area contributed by atoms with Gasteiger partial charge in [0.15, 0.2) is 0 Å². The third kappa shape index (κ3) is 15.0. The van der Waals surface area contributed by atoms with E-state index in [1.165, 1.54) is 49.5 Å². The summed E-state index contributed by atoms with van der Waals surface area (Å²) in [4.78, 5) is 73.2. The molecule has 1 saturated heterocycles. The first kappa shape index (κ1) is 48.5. The number of hydrogen-bond donors (Lipinski definition) is 7. The summed E-state index contributed by atoms with van der Waals surface area (Å²) in [6.45, 7) is 8.52. The van der Waals surface area contributed by atoms with Crippen LogP contribution in [0.3, 0.4) is 0 Å². The number of likely N-dealkylation sites (N-methyl/N-ethyl adjacent to an activating group) is 1. The van der Waals surface area contributed by atoms with Crippen molar-refractivity contribution in [3.63, 3.8) is 0 Å². The quantitative estimate of drug-likeness (QED) is 0.0780. The minimum absolute atomic E-state index is 0.0410. The molecule has 2 bridgehead atoms. The third-order valence-corrected chi connectivity index (χ3v) is 10.5. The van der Waals surface area contributed by atoms with Crippen molar-refractivity contribution >= 4 is 29.6 Å². The smallest absolute Gasteiger partial charge is 0.325 e. The van der Waals surface area contributed by atoms with Gasteiger partial charge in [0.1, 0.15) is 30.0 Å². The second-order valence-corrected chi connectivity index (χ2v) is 15.6. The van der Waals surface area contributed by atoms with Crippen molar-refractivity contribution in [1.82, 2.24) is 26.1 Å². The minimum atomic E-state index is -1.38. The van der Waals surface area contributed by atoms with Crippen molar-refractivity contribution in [1.29, 1.82) is 0 Å². The molecule has 59 heavy (non-hydrogen) atoms. The Morgan fingerprint density at radius 2 is 1.83 bits per heavy atom. The van der Waals surface area contributed by atoms with Crippen LogP contribution in [0.4, 0.5) is 0 Å². The molecule has 0 saturated carbocycles. The summed E-state index contributed by atoms with van der Waals surface area (Å²) in [6.07, 6.45) is 7.78. The largest absolute Gasteiger partial charge is 0.508 e. The van der Waals surface area contributed by atoms with Crippen molar-refractivity contribution in [2.24, 2.45) is 17.8 Å². The number of ether oxygens (including phenoxy) is 1. The van der Waals surface area contributed by atoms with Gasteiger partial charge < -0.3 is 35.8 Å². The van der Waals surface area contributed by atoms with Gasteiger partial charge >= 0.3 is 5.97 Å². The summed E-state index contributed by atoms with van der Waals surface area (Å²) in [7, 11) is 2.82. The van der Waals surface area contributed by atoms with Gasteiger partial charge in [-0.25, -0.2) is 10.5 Å². The number of benzene rings is 1. The third-order valence-electron chi connectivity index (χ3n) is 10.5. The van der Waals surface area contributed by atoms with E-state index in [4.69, 9.17) is 9.57 Å². The lowest BCUT2D eigenvalue weighted by atomic mass is 9.84. The predicted octanol–water partition coefficient (Wildman–Crippen LogP) is 2.14. The van der Waals surface area contributed by atoms with E-state index in [-0.39, 0.29) is 38.0 Å². The van der Waals surface area contributed by atoms with Crippen molar-refractivity contribution < 1.29 is 54.0 Å². The van der Waals surface area contributed by atoms with Gasteiger partial charge in [-0.3, -0.25) is 33.8 Å². The topological polar surface area (TPSA) is 227 Å². The Bertz CT molecular complexity index is 1710. The van der Waals surface area contributed by atoms with Gasteiger partial charge in [-0.05, 0) is 68.7 Å². The number of cyclic esters (lactones) is 1. The van der Waals surface area contributed by atoms with Crippen LogP contribution in [-0.4, -0.2) is 123 Å². The van der Waals surface area contributed by atoms with E-state index < -0.39 is 89.9 Å². The number of aromatic hydroxyl groups is 1. The van der Waals surface area contributed by atoms with Crippen LogP contribution >= 0.6 is 0 Å². The first-order valence-corrected chi connectivity index (χ1v) is 20.1. The van der Waals surface area contributed by atoms with Gasteiger partial charge in [0.25, 0.3) is 11.8 Å². The molecule has 1 fully saturated rings. The molecule has 3 rings (SSSR count). The number of nitrogens with zero attached hydrogens (tertiary/aromatic N) is 2. The number of fused-ring (bicyclic) bond motifs is 2. The highest BCUT2D eigenvalue weighted by Gasteiger charge is 2.38. The van der Waals surface area contributed by atoms with E-state index in [1.54, 1.807) is 71.1 Å².